The van der Waals surface area contributed by atoms with Gasteiger partial charge in [0.05, 0.1) is 0 Å². The zero-order valence-corrected chi connectivity index (χ0v) is 10.8. The Balaban J connectivity index is 2.22. The third-order valence-corrected chi connectivity index (χ3v) is 2.73. The zero-order valence-electron chi connectivity index (χ0n) is 10.0. The topological polar surface area (TPSA) is 38.3 Å². The van der Waals surface area contributed by atoms with E-state index in [1.165, 1.54) is 0 Å². The molecule has 0 aliphatic carbocycles. The third-order valence-electron chi connectivity index (χ3n) is 2.37. The second-order valence-electron chi connectivity index (χ2n) is 3.80. The van der Waals surface area contributed by atoms with E-state index in [4.69, 9.17) is 16.3 Å². The average molecular weight is 256 g/mol. The number of alkyl carbamates (subject to hydrolysis) is 1. The molecule has 17 heavy (non-hydrogen) atoms. The van der Waals surface area contributed by atoms with Crippen LogP contribution in [0, 0.1) is 0 Å². The van der Waals surface area contributed by atoms with E-state index in [1.807, 2.05) is 18.2 Å². The first-order valence-electron chi connectivity index (χ1n) is 5.88. The molecule has 1 aromatic rings. The Morgan fingerprint density at radius 2 is 2.12 bits per heavy atom. The van der Waals surface area contributed by atoms with E-state index in [0.29, 0.717) is 11.6 Å². The number of halogens is 1. The minimum Gasteiger partial charge on any atom is -0.445 e. The number of carbonyl (C=O) groups excluding carboxylic acids is 1. The van der Waals surface area contributed by atoms with Gasteiger partial charge in [-0.05, 0) is 12.5 Å². The van der Waals surface area contributed by atoms with Crippen molar-refractivity contribution in [2.24, 2.45) is 0 Å². The molecule has 1 aromatic carbocycles. The maximum absolute atomic E-state index is 11.3. The van der Waals surface area contributed by atoms with Crippen LogP contribution in [0.1, 0.15) is 31.7 Å². The molecule has 0 saturated carbocycles. The number of amides is 1. The highest BCUT2D eigenvalue weighted by Crippen LogP contribution is 2.15. The van der Waals surface area contributed by atoms with Gasteiger partial charge in [0.2, 0.25) is 0 Å². The van der Waals surface area contributed by atoms with Crippen molar-refractivity contribution < 1.29 is 9.53 Å². The lowest BCUT2D eigenvalue weighted by Gasteiger charge is -2.07. The summed E-state index contributed by atoms with van der Waals surface area (Å²) in [5.41, 5.74) is 0.817. The number of carbonyl (C=O) groups is 1. The van der Waals surface area contributed by atoms with Gasteiger partial charge in [-0.2, -0.15) is 0 Å². The maximum atomic E-state index is 11.3. The van der Waals surface area contributed by atoms with E-state index in [0.717, 1.165) is 24.8 Å². The third kappa shape index (κ3) is 5.59. The number of unbranched alkanes of at least 4 members (excludes halogenated alkanes) is 2. The van der Waals surface area contributed by atoms with Crippen LogP contribution < -0.4 is 5.32 Å². The number of ether oxygens (including phenoxy) is 1. The predicted octanol–water partition coefficient (Wildman–Crippen LogP) is 3.76. The first kappa shape index (κ1) is 13.8. The van der Waals surface area contributed by atoms with Gasteiger partial charge in [-0.1, -0.05) is 49.6 Å². The van der Waals surface area contributed by atoms with E-state index in [1.54, 1.807) is 6.07 Å². The van der Waals surface area contributed by atoms with Gasteiger partial charge >= 0.3 is 6.09 Å². The molecule has 94 valence electrons. The molecule has 0 radical (unpaired) electrons. The van der Waals surface area contributed by atoms with Crippen LogP contribution in [-0.4, -0.2) is 12.6 Å². The van der Waals surface area contributed by atoms with E-state index < -0.39 is 0 Å². The summed E-state index contributed by atoms with van der Waals surface area (Å²) in [4.78, 5) is 11.3. The molecule has 0 fully saturated rings. The first-order chi connectivity index (χ1) is 8.24. The zero-order chi connectivity index (χ0) is 12.5. The van der Waals surface area contributed by atoms with Gasteiger partial charge in [0.15, 0.2) is 0 Å². The Morgan fingerprint density at radius 1 is 1.35 bits per heavy atom. The van der Waals surface area contributed by atoms with Crippen molar-refractivity contribution in [3.8, 4) is 0 Å². The van der Waals surface area contributed by atoms with Crippen LogP contribution in [0.25, 0.3) is 0 Å². The molecule has 0 aliphatic rings. The highest BCUT2D eigenvalue weighted by Gasteiger charge is 2.03. The van der Waals surface area contributed by atoms with Crippen LogP contribution in [0.15, 0.2) is 24.3 Å². The Kier molecular flexibility index (Phi) is 6.48. The van der Waals surface area contributed by atoms with Gasteiger partial charge in [0, 0.05) is 17.1 Å². The molecule has 0 unspecified atom stereocenters. The summed E-state index contributed by atoms with van der Waals surface area (Å²) in [7, 11) is 0. The summed E-state index contributed by atoms with van der Waals surface area (Å²) in [6, 6.07) is 7.33. The van der Waals surface area contributed by atoms with Crippen LogP contribution in [-0.2, 0) is 11.3 Å². The van der Waals surface area contributed by atoms with Crippen molar-refractivity contribution in [2.75, 3.05) is 6.54 Å². The number of hydrogen-bond acceptors (Lipinski definition) is 2. The van der Waals surface area contributed by atoms with E-state index in [2.05, 4.69) is 12.2 Å². The van der Waals surface area contributed by atoms with Crippen LogP contribution in [0.5, 0.6) is 0 Å². The molecule has 0 heterocycles. The largest absolute Gasteiger partial charge is 0.445 e. The van der Waals surface area contributed by atoms with E-state index in [9.17, 15) is 4.79 Å². The number of nitrogens with one attached hydrogen (secondary N) is 1. The molecule has 0 bridgehead atoms. The summed E-state index contributed by atoms with van der Waals surface area (Å²) in [5.74, 6) is 0. The molecular weight excluding hydrogens is 238 g/mol. The summed E-state index contributed by atoms with van der Waals surface area (Å²) in [6.07, 6.45) is 2.85. The molecule has 1 rings (SSSR count). The lowest BCUT2D eigenvalue weighted by molar-refractivity contribution is 0.139. The van der Waals surface area contributed by atoms with Crippen molar-refractivity contribution in [3.63, 3.8) is 0 Å². The highest BCUT2D eigenvalue weighted by atomic mass is 35.5. The second kappa shape index (κ2) is 7.96. The number of hydrogen-bond donors (Lipinski definition) is 1. The Bertz CT molecular complexity index is 355. The van der Waals surface area contributed by atoms with Crippen molar-refractivity contribution >= 4 is 17.7 Å². The number of benzene rings is 1. The molecule has 0 spiro atoms. The number of rotatable bonds is 6. The Hall–Kier alpha value is -1.22. The Labute approximate surface area is 107 Å². The lowest BCUT2D eigenvalue weighted by atomic mass is 10.2. The molecule has 0 saturated heterocycles. The van der Waals surface area contributed by atoms with Gasteiger partial charge in [0.25, 0.3) is 0 Å². The van der Waals surface area contributed by atoms with Crippen LogP contribution in [0.2, 0.25) is 5.02 Å². The molecular formula is C13H18ClNO2. The summed E-state index contributed by atoms with van der Waals surface area (Å²) in [5, 5.41) is 3.32. The van der Waals surface area contributed by atoms with Crippen LogP contribution in [0.4, 0.5) is 4.79 Å². The van der Waals surface area contributed by atoms with Gasteiger partial charge in [-0.3, -0.25) is 0 Å². The van der Waals surface area contributed by atoms with Gasteiger partial charge in [-0.25, -0.2) is 4.79 Å². The second-order valence-corrected chi connectivity index (χ2v) is 4.21. The fourth-order valence-corrected chi connectivity index (χ4v) is 1.57. The van der Waals surface area contributed by atoms with Gasteiger partial charge < -0.3 is 10.1 Å². The summed E-state index contributed by atoms with van der Waals surface area (Å²) >= 11 is 5.94. The summed E-state index contributed by atoms with van der Waals surface area (Å²) in [6.45, 7) is 2.99. The van der Waals surface area contributed by atoms with Crippen LogP contribution >= 0.6 is 11.6 Å². The minimum atomic E-state index is -0.388. The van der Waals surface area contributed by atoms with Gasteiger partial charge in [-0.15, -0.1) is 0 Å². The predicted molar refractivity (Wildman–Crippen MR) is 69.2 cm³/mol. The molecule has 3 nitrogen and oxygen atoms in total. The molecule has 0 atom stereocenters. The molecule has 0 aromatic heterocycles. The maximum Gasteiger partial charge on any atom is 0.407 e. The van der Waals surface area contributed by atoms with Crippen molar-refractivity contribution in [2.45, 2.75) is 32.8 Å². The summed E-state index contributed by atoms with van der Waals surface area (Å²) < 4.78 is 5.05. The normalized spacial score (nSPS) is 10.0. The standard InChI is InChI=1S/C13H18ClNO2/c1-2-3-6-9-15-13(16)17-10-11-7-4-5-8-12(11)14/h4-5,7-8H,2-3,6,9-10H2,1H3,(H,15,16). The van der Waals surface area contributed by atoms with Crippen molar-refractivity contribution in [3.05, 3.63) is 34.9 Å². The monoisotopic (exact) mass is 255 g/mol. The Morgan fingerprint density at radius 3 is 2.82 bits per heavy atom. The molecule has 4 heteroatoms. The smallest absolute Gasteiger partial charge is 0.407 e. The average Bonchev–Trinajstić information content (AvgIpc) is 2.34. The van der Waals surface area contributed by atoms with Crippen LogP contribution in [0.3, 0.4) is 0 Å². The minimum absolute atomic E-state index is 0.208. The van der Waals surface area contributed by atoms with E-state index in [-0.39, 0.29) is 12.7 Å². The van der Waals surface area contributed by atoms with Crippen molar-refractivity contribution in [1.29, 1.82) is 0 Å². The highest BCUT2D eigenvalue weighted by molar-refractivity contribution is 6.31. The lowest BCUT2D eigenvalue weighted by Crippen LogP contribution is -2.25. The molecule has 1 N–H and O–H groups in total. The quantitative estimate of drug-likeness (QED) is 0.786. The molecule has 1 amide bonds. The first-order valence-corrected chi connectivity index (χ1v) is 6.26. The fourth-order valence-electron chi connectivity index (χ4n) is 1.38. The van der Waals surface area contributed by atoms with E-state index >= 15 is 0 Å². The van der Waals surface area contributed by atoms with Gasteiger partial charge in [0.1, 0.15) is 6.61 Å². The van der Waals surface area contributed by atoms with Crippen molar-refractivity contribution in [1.82, 2.24) is 5.32 Å². The fraction of sp³-hybridized carbons (Fsp3) is 0.462. The SMILES string of the molecule is CCCCCNC(=O)OCc1ccccc1Cl. The molecule has 0 aliphatic heterocycles.